The molecule has 1 N–H and O–H groups in total. The van der Waals surface area contributed by atoms with Crippen molar-refractivity contribution in [3.05, 3.63) is 34.2 Å². The molecule has 176 valence electrons. The quantitative estimate of drug-likeness (QED) is 0.757. The van der Waals surface area contributed by atoms with E-state index in [4.69, 9.17) is 0 Å². The number of aliphatic carboxylic acids is 1. The normalized spacial score (nSPS) is 28.3. The van der Waals surface area contributed by atoms with E-state index in [0.717, 1.165) is 51.1 Å². The topological polar surface area (TPSA) is 82.8 Å². The minimum atomic E-state index is -0.745. The highest BCUT2D eigenvalue weighted by molar-refractivity contribution is 5.81. The van der Waals surface area contributed by atoms with Crippen LogP contribution >= 0.6 is 0 Å². The first-order chi connectivity index (χ1) is 15.1. The van der Waals surface area contributed by atoms with Gasteiger partial charge in [-0.25, -0.2) is 0 Å². The third kappa shape index (κ3) is 4.92. The maximum Gasteiger partial charge on any atom is 0.303 e. The number of rotatable bonds is 5. The molecular weight excluding hydrogens is 406 g/mol. The van der Waals surface area contributed by atoms with Gasteiger partial charge < -0.3 is 19.5 Å². The van der Waals surface area contributed by atoms with E-state index in [1.807, 2.05) is 36.3 Å². The molecule has 7 heteroatoms. The smallest absolute Gasteiger partial charge is 0.303 e. The molecule has 3 aliphatic rings. The van der Waals surface area contributed by atoms with Crippen molar-refractivity contribution >= 4 is 11.9 Å². The van der Waals surface area contributed by atoms with E-state index >= 15 is 0 Å². The summed E-state index contributed by atoms with van der Waals surface area (Å²) in [5, 5.41) is 9.41. The highest BCUT2D eigenvalue weighted by Gasteiger charge is 2.38. The van der Waals surface area contributed by atoms with Gasteiger partial charge in [-0.2, -0.15) is 0 Å². The van der Waals surface area contributed by atoms with Crippen LogP contribution in [0.2, 0.25) is 0 Å². The lowest BCUT2D eigenvalue weighted by molar-refractivity contribution is -0.143. The number of hydrogen-bond donors (Lipinski definition) is 1. The van der Waals surface area contributed by atoms with E-state index < -0.39 is 11.4 Å². The molecule has 0 radical (unpaired) electrons. The maximum absolute atomic E-state index is 12.8. The average molecular weight is 444 g/mol. The summed E-state index contributed by atoms with van der Waals surface area (Å²) in [7, 11) is 0. The Kier molecular flexibility index (Phi) is 6.48. The van der Waals surface area contributed by atoms with Crippen LogP contribution < -0.4 is 5.56 Å². The van der Waals surface area contributed by atoms with Gasteiger partial charge in [0.25, 0.3) is 5.56 Å². The SMILES string of the molecule is CC(C)(C)C(=O)N1CC[C@@H](CC(=O)O)[C@@H](CCN2C[C@H]3C[C@H](C2)c2cccc(=O)n2C3)C1. The number of carbonyl (C=O) groups is 2. The van der Waals surface area contributed by atoms with Crippen molar-refractivity contribution in [2.24, 2.45) is 23.2 Å². The van der Waals surface area contributed by atoms with Gasteiger partial charge >= 0.3 is 5.97 Å². The zero-order chi connectivity index (χ0) is 23.0. The molecule has 0 spiro atoms. The zero-order valence-electron chi connectivity index (χ0n) is 19.6. The van der Waals surface area contributed by atoms with Gasteiger partial charge in [0.1, 0.15) is 0 Å². The van der Waals surface area contributed by atoms with Crippen LogP contribution in [-0.2, 0) is 16.1 Å². The fourth-order valence-electron chi connectivity index (χ4n) is 6.09. The molecule has 7 nitrogen and oxygen atoms in total. The van der Waals surface area contributed by atoms with E-state index in [1.54, 1.807) is 6.07 Å². The summed E-state index contributed by atoms with van der Waals surface area (Å²) < 4.78 is 1.95. The Morgan fingerprint density at radius 1 is 1.09 bits per heavy atom. The first-order valence-electron chi connectivity index (χ1n) is 12.0. The fourth-order valence-corrected chi connectivity index (χ4v) is 6.09. The first-order valence-corrected chi connectivity index (χ1v) is 12.0. The molecule has 2 saturated heterocycles. The number of amides is 1. The molecule has 2 bridgehead atoms. The Hall–Kier alpha value is -2.15. The van der Waals surface area contributed by atoms with Gasteiger partial charge in [-0.3, -0.25) is 14.4 Å². The zero-order valence-corrected chi connectivity index (χ0v) is 19.6. The van der Waals surface area contributed by atoms with Gasteiger partial charge in [0.2, 0.25) is 5.91 Å². The largest absolute Gasteiger partial charge is 0.481 e. The predicted octanol–water partition coefficient (Wildman–Crippen LogP) is 2.64. The number of fused-ring (bicyclic) bond motifs is 4. The second-order valence-corrected chi connectivity index (χ2v) is 11.2. The molecule has 4 rings (SSSR count). The standard InChI is InChI=1S/C25H37N3O4/c1-25(2,3)24(32)27-10-8-18(12-23(30)31)19(16-27)7-9-26-13-17-11-20(15-26)21-5-4-6-22(29)28(21)14-17/h4-6,17-20H,7-16H2,1-3H3,(H,30,31)/t17-,18+,19+,20-/m1/s1. The monoisotopic (exact) mass is 443 g/mol. The van der Waals surface area contributed by atoms with E-state index in [-0.39, 0.29) is 29.7 Å². The van der Waals surface area contributed by atoms with E-state index in [1.165, 1.54) is 0 Å². The van der Waals surface area contributed by atoms with Crippen LogP contribution in [0.3, 0.4) is 0 Å². The fraction of sp³-hybridized carbons (Fsp3) is 0.720. The van der Waals surface area contributed by atoms with Gasteiger partial charge in [-0.05, 0) is 49.6 Å². The van der Waals surface area contributed by atoms with Crippen LogP contribution in [0.1, 0.15) is 58.1 Å². The minimum Gasteiger partial charge on any atom is -0.481 e. The number of hydrogen-bond acceptors (Lipinski definition) is 4. The number of pyridine rings is 1. The molecule has 0 aliphatic carbocycles. The molecule has 4 heterocycles. The summed E-state index contributed by atoms with van der Waals surface area (Å²) in [6.45, 7) is 10.8. The summed E-state index contributed by atoms with van der Waals surface area (Å²) >= 11 is 0. The maximum atomic E-state index is 12.8. The molecule has 0 unspecified atom stereocenters. The van der Waals surface area contributed by atoms with Crippen molar-refractivity contribution in [1.82, 2.24) is 14.4 Å². The lowest BCUT2D eigenvalue weighted by atomic mass is 9.79. The molecule has 0 aromatic carbocycles. The number of aromatic nitrogens is 1. The van der Waals surface area contributed by atoms with Gasteiger partial charge in [0, 0.05) is 62.2 Å². The summed E-state index contributed by atoms with van der Waals surface area (Å²) in [4.78, 5) is 41.0. The highest BCUT2D eigenvalue weighted by atomic mass is 16.4. The second-order valence-electron chi connectivity index (χ2n) is 11.2. The number of likely N-dealkylation sites (tertiary alicyclic amines) is 2. The first kappa shape index (κ1) is 23.0. The van der Waals surface area contributed by atoms with Gasteiger partial charge in [0.05, 0.1) is 0 Å². The van der Waals surface area contributed by atoms with E-state index in [2.05, 4.69) is 11.0 Å². The van der Waals surface area contributed by atoms with Gasteiger partial charge in [-0.15, -0.1) is 0 Å². The molecule has 2 fully saturated rings. The number of nitrogens with zero attached hydrogens (tertiary/aromatic N) is 3. The van der Waals surface area contributed by atoms with Crippen molar-refractivity contribution < 1.29 is 14.7 Å². The molecule has 0 saturated carbocycles. The van der Waals surface area contributed by atoms with E-state index in [9.17, 15) is 19.5 Å². The third-order valence-corrected chi connectivity index (χ3v) is 7.63. The Bertz CT molecular complexity index is 918. The van der Waals surface area contributed by atoms with Crippen LogP contribution in [0.4, 0.5) is 0 Å². The van der Waals surface area contributed by atoms with Crippen molar-refractivity contribution in [2.45, 2.75) is 58.9 Å². The molecule has 1 amide bonds. The summed E-state index contributed by atoms with van der Waals surface area (Å²) in [5.41, 5.74) is 0.842. The van der Waals surface area contributed by atoms with Crippen molar-refractivity contribution in [1.29, 1.82) is 0 Å². The Labute approximate surface area is 190 Å². The molecule has 32 heavy (non-hydrogen) atoms. The van der Waals surface area contributed by atoms with Crippen LogP contribution in [-0.4, -0.2) is 64.1 Å². The minimum absolute atomic E-state index is 0.105. The molecular formula is C25H37N3O4. The lowest BCUT2D eigenvalue weighted by Gasteiger charge is -2.44. The summed E-state index contributed by atoms with van der Waals surface area (Å²) in [6, 6.07) is 5.61. The highest BCUT2D eigenvalue weighted by Crippen LogP contribution is 2.36. The Morgan fingerprint density at radius 2 is 1.88 bits per heavy atom. The van der Waals surface area contributed by atoms with E-state index in [0.29, 0.717) is 24.9 Å². The Balaban J connectivity index is 1.42. The number of carbonyl (C=O) groups excluding carboxylic acids is 1. The average Bonchev–Trinajstić information content (AvgIpc) is 2.72. The number of carboxylic acids is 1. The predicted molar refractivity (Wildman–Crippen MR) is 122 cm³/mol. The van der Waals surface area contributed by atoms with Crippen LogP contribution in [0, 0.1) is 23.2 Å². The summed E-state index contributed by atoms with van der Waals surface area (Å²) in [6.07, 6.45) is 3.00. The van der Waals surface area contributed by atoms with Crippen LogP contribution in [0.25, 0.3) is 0 Å². The third-order valence-electron chi connectivity index (χ3n) is 7.63. The van der Waals surface area contributed by atoms with Crippen LogP contribution in [0.15, 0.2) is 23.0 Å². The molecule has 4 atom stereocenters. The molecule has 1 aromatic rings. The lowest BCUT2D eigenvalue weighted by Crippen LogP contribution is -2.50. The van der Waals surface area contributed by atoms with Crippen molar-refractivity contribution in [3.63, 3.8) is 0 Å². The van der Waals surface area contributed by atoms with Crippen LogP contribution in [0.5, 0.6) is 0 Å². The molecule has 1 aromatic heterocycles. The van der Waals surface area contributed by atoms with Crippen molar-refractivity contribution in [3.8, 4) is 0 Å². The molecule has 3 aliphatic heterocycles. The second kappa shape index (κ2) is 9.00. The number of carboxylic acid groups (broad SMARTS) is 1. The van der Waals surface area contributed by atoms with Gasteiger partial charge in [-0.1, -0.05) is 26.8 Å². The Morgan fingerprint density at radius 3 is 2.59 bits per heavy atom. The number of piperidine rings is 2. The summed E-state index contributed by atoms with van der Waals surface area (Å²) in [5.74, 6) is 0.622. The van der Waals surface area contributed by atoms with Gasteiger partial charge in [0.15, 0.2) is 0 Å². The van der Waals surface area contributed by atoms with Crippen molar-refractivity contribution in [2.75, 3.05) is 32.7 Å².